The molecule has 0 bridgehead atoms. The normalized spacial score (nSPS) is 26.0. The molecule has 0 spiro atoms. The van der Waals surface area contributed by atoms with E-state index >= 15 is 0 Å². The third kappa shape index (κ3) is 8.84. The molecule has 0 N–H and O–H groups in total. The minimum Gasteiger partial charge on any atom is -0.466 e. The van der Waals surface area contributed by atoms with E-state index in [0.29, 0.717) is 36.8 Å². The van der Waals surface area contributed by atoms with Crippen LogP contribution in [0.5, 0.6) is 0 Å². The van der Waals surface area contributed by atoms with Crippen molar-refractivity contribution < 1.29 is 9.53 Å². The minimum absolute atomic E-state index is 0.00162. The molecule has 4 rings (SSSR count). The van der Waals surface area contributed by atoms with Crippen LogP contribution in [-0.4, -0.2) is 36.6 Å². The fourth-order valence-electron chi connectivity index (χ4n) is 7.80. The Morgan fingerprint density at radius 1 is 0.838 bits per heavy atom. The smallest absolute Gasteiger partial charge is 0.306 e. The number of hydrogen-bond acceptors (Lipinski definition) is 3. The first-order valence-corrected chi connectivity index (χ1v) is 16.0. The van der Waals surface area contributed by atoms with E-state index < -0.39 is 0 Å². The predicted octanol–water partition coefficient (Wildman–Crippen LogP) is 8.55. The van der Waals surface area contributed by atoms with Crippen LogP contribution in [0.4, 0.5) is 0 Å². The molecule has 0 amide bonds. The molecule has 3 fully saturated rings. The van der Waals surface area contributed by atoms with Gasteiger partial charge in [0.15, 0.2) is 0 Å². The Balaban J connectivity index is 1.55. The number of esters is 1. The molecule has 3 nitrogen and oxygen atoms in total. The molecule has 37 heavy (non-hydrogen) atoms. The molecule has 3 aliphatic carbocycles. The lowest BCUT2D eigenvalue weighted by molar-refractivity contribution is -0.144. The first-order chi connectivity index (χ1) is 18.0. The van der Waals surface area contributed by atoms with Crippen LogP contribution in [0.25, 0.3) is 0 Å². The molecule has 3 heteroatoms. The Labute approximate surface area is 228 Å². The zero-order valence-electron chi connectivity index (χ0n) is 24.3. The summed E-state index contributed by atoms with van der Waals surface area (Å²) in [5.41, 5.74) is 2.96. The molecule has 0 heterocycles. The van der Waals surface area contributed by atoms with Gasteiger partial charge in [-0.15, -0.1) is 0 Å². The van der Waals surface area contributed by atoms with Gasteiger partial charge in [-0.25, -0.2) is 0 Å². The van der Waals surface area contributed by atoms with Crippen molar-refractivity contribution in [1.82, 2.24) is 4.90 Å². The topological polar surface area (TPSA) is 29.5 Å². The van der Waals surface area contributed by atoms with E-state index in [1.807, 2.05) is 6.92 Å². The lowest BCUT2D eigenvalue weighted by Gasteiger charge is -2.46. The van der Waals surface area contributed by atoms with Crippen molar-refractivity contribution in [3.8, 4) is 0 Å². The summed E-state index contributed by atoms with van der Waals surface area (Å²) >= 11 is 0. The number of hydrogen-bond donors (Lipinski definition) is 0. The highest BCUT2D eigenvalue weighted by molar-refractivity contribution is 5.69. The van der Waals surface area contributed by atoms with Gasteiger partial charge in [0.25, 0.3) is 0 Å². The lowest BCUT2D eigenvalue weighted by Crippen LogP contribution is -2.47. The highest BCUT2D eigenvalue weighted by Gasteiger charge is 2.37. The van der Waals surface area contributed by atoms with Gasteiger partial charge in [0.05, 0.1) is 6.61 Å². The van der Waals surface area contributed by atoms with E-state index in [1.54, 1.807) is 0 Å². The number of carbonyl (C=O) groups is 1. The third-order valence-corrected chi connectivity index (χ3v) is 9.64. The average molecular weight is 510 g/mol. The SMILES string of the molecule is CCOC(=O)C[C@@H]1CC[C@@H](N(CC2CCCCC2)CC2CCCCC2)[C@H](c2ccc(CC(C)C)cc2)C1. The highest BCUT2D eigenvalue weighted by Crippen LogP contribution is 2.42. The summed E-state index contributed by atoms with van der Waals surface area (Å²) in [7, 11) is 0. The van der Waals surface area contributed by atoms with Crippen molar-refractivity contribution in [2.45, 2.75) is 129 Å². The number of nitrogens with zero attached hydrogens (tertiary/aromatic N) is 1. The maximum atomic E-state index is 12.4. The fourth-order valence-corrected chi connectivity index (χ4v) is 7.80. The maximum Gasteiger partial charge on any atom is 0.306 e. The summed E-state index contributed by atoms with van der Waals surface area (Å²) in [6.45, 7) is 9.62. The fraction of sp³-hybridized carbons (Fsp3) is 0.794. The van der Waals surface area contributed by atoms with Gasteiger partial charge in [-0.2, -0.15) is 0 Å². The number of rotatable bonds is 11. The molecule has 3 atom stereocenters. The van der Waals surface area contributed by atoms with Crippen LogP contribution in [0.2, 0.25) is 0 Å². The molecular weight excluding hydrogens is 454 g/mol. The average Bonchev–Trinajstić information content (AvgIpc) is 2.90. The summed E-state index contributed by atoms with van der Waals surface area (Å²) in [5.74, 6) is 3.41. The van der Waals surface area contributed by atoms with Crippen LogP contribution in [0.1, 0.15) is 128 Å². The third-order valence-electron chi connectivity index (χ3n) is 9.64. The Morgan fingerprint density at radius 3 is 1.97 bits per heavy atom. The summed E-state index contributed by atoms with van der Waals surface area (Å²) in [4.78, 5) is 15.4. The van der Waals surface area contributed by atoms with Crippen LogP contribution in [0, 0.1) is 23.7 Å². The molecule has 0 aliphatic heterocycles. The van der Waals surface area contributed by atoms with Gasteiger partial charge >= 0.3 is 5.97 Å². The van der Waals surface area contributed by atoms with Gasteiger partial charge in [-0.05, 0) is 99.0 Å². The first-order valence-electron chi connectivity index (χ1n) is 16.0. The van der Waals surface area contributed by atoms with E-state index in [1.165, 1.54) is 94.8 Å². The largest absolute Gasteiger partial charge is 0.466 e. The molecule has 208 valence electrons. The van der Waals surface area contributed by atoms with E-state index in [4.69, 9.17) is 4.74 Å². The van der Waals surface area contributed by atoms with Crippen LogP contribution >= 0.6 is 0 Å². The zero-order chi connectivity index (χ0) is 26.0. The second-order valence-corrected chi connectivity index (χ2v) is 13.2. The van der Waals surface area contributed by atoms with Crippen molar-refractivity contribution in [2.75, 3.05) is 19.7 Å². The van der Waals surface area contributed by atoms with E-state index in [9.17, 15) is 4.79 Å². The van der Waals surface area contributed by atoms with Crippen molar-refractivity contribution in [2.24, 2.45) is 23.7 Å². The van der Waals surface area contributed by atoms with Gasteiger partial charge in [0.1, 0.15) is 0 Å². The quantitative estimate of drug-likeness (QED) is 0.280. The van der Waals surface area contributed by atoms with Crippen molar-refractivity contribution in [3.05, 3.63) is 35.4 Å². The Bertz CT molecular complexity index is 771. The van der Waals surface area contributed by atoms with Crippen LogP contribution in [0.3, 0.4) is 0 Å². The lowest BCUT2D eigenvalue weighted by atomic mass is 9.72. The molecule has 1 aromatic carbocycles. The molecule has 0 saturated heterocycles. The van der Waals surface area contributed by atoms with E-state index in [-0.39, 0.29) is 5.97 Å². The van der Waals surface area contributed by atoms with Gasteiger partial charge in [-0.3, -0.25) is 9.69 Å². The van der Waals surface area contributed by atoms with E-state index in [2.05, 4.69) is 43.0 Å². The minimum atomic E-state index is -0.00162. The van der Waals surface area contributed by atoms with Crippen LogP contribution in [-0.2, 0) is 16.0 Å². The Morgan fingerprint density at radius 2 is 1.43 bits per heavy atom. The number of benzene rings is 1. The molecule has 1 aromatic rings. The molecular formula is C34H55NO2. The Kier molecular flexibility index (Phi) is 11.4. The van der Waals surface area contributed by atoms with Gasteiger partial charge in [0, 0.05) is 25.6 Å². The molecule has 3 saturated carbocycles. The second kappa shape index (κ2) is 14.7. The molecule has 0 unspecified atom stereocenters. The van der Waals surface area contributed by atoms with Crippen molar-refractivity contribution in [1.29, 1.82) is 0 Å². The summed E-state index contributed by atoms with van der Waals surface area (Å²) in [6, 6.07) is 10.2. The Hall–Kier alpha value is -1.35. The second-order valence-electron chi connectivity index (χ2n) is 13.2. The number of carbonyl (C=O) groups excluding carboxylic acids is 1. The summed E-state index contributed by atoms with van der Waals surface area (Å²) in [6.07, 6.45) is 19.5. The molecule has 0 aromatic heterocycles. The zero-order valence-corrected chi connectivity index (χ0v) is 24.3. The number of ether oxygens (including phenoxy) is 1. The van der Waals surface area contributed by atoms with Crippen LogP contribution < -0.4 is 0 Å². The molecule has 0 radical (unpaired) electrons. The highest BCUT2D eigenvalue weighted by atomic mass is 16.5. The van der Waals surface area contributed by atoms with Crippen LogP contribution in [0.15, 0.2) is 24.3 Å². The first kappa shape index (κ1) is 28.7. The van der Waals surface area contributed by atoms with Gasteiger partial charge < -0.3 is 4.74 Å². The van der Waals surface area contributed by atoms with E-state index in [0.717, 1.165) is 31.1 Å². The summed E-state index contributed by atoms with van der Waals surface area (Å²) in [5, 5.41) is 0. The van der Waals surface area contributed by atoms with Gasteiger partial charge in [-0.1, -0.05) is 76.6 Å². The standard InChI is InChI=1S/C34H55NO2/c1-4-37-34(36)23-30-17-20-33(32(22-30)31-18-15-27(16-19-31)21-26(2)3)35(24-28-11-7-5-8-12-28)25-29-13-9-6-10-14-29/h15-16,18-19,26,28-30,32-33H,4-14,17,20-25H2,1-3H3/t30-,32+,33-/m1/s1. The van der Waals surface area contributed by atoms with Crippen molar-refractivity contribution in [3.63, 3.8) is 0 Å². The van der Waals surface area contributed by atoms with Crippen molar-refractivity contribution >= 4 is 5.97 Å². The van der Waals surface area contributed by atoms with Gasteiger partial charge in [0.2, 0.25) is 0 Å². The maximum absolute atomic E-state index is 12.4. The predicted molar refractivity (Wildman–Crippen MR) is 155 cm³/mol. The summed E-state index contributed by atoms with van der Waals surface area (Å²) < 4.78 is 5.36. The monoisotopic (exact) mass is 509 g/mol. The molecule has 3 aliphatic rings.